The maximum atomic E-state index is 12.8. The molecule has 0 aliphatic heterocycles. The quantitative estimate of drug-likeness (QED) is 0.420. The monoisotopic (exact) mass is 377 g/mol. The summed E-state index contributed by atoms with van der Waals surface area (Å²) >= 11 is 0. The zero-order valence-electron chi connectivity index (χ0n) is 13.1. The molecule has 0 aromatic rings. The van der Waals surface area contributed by atoms with Gasteiger partial charge in [-0.15, -0.1) is 8.42 Å². The van der Waals surface area contributed by atoms with Gasteiger partial charge in [-0.3, -0.25) is 8.42 Å². The molecule has 2 aliphatic rings. The van der Waals surface area contributed by atoms with E-state index in [2.05, 4.69) is 3.63 Å². The average Bonchev–Trinajstić information content (AvgIpc) is 2.47. The van der Waals surface area contributed by atoms with Crippen LogP contribution in [0.1, 0.15) is 57.8 Å². The van der Waals surface area contributed by atoms with Gasteiger partial charge >= 0.3 is 15.6 Å². The summed E-state index contributed by atoms with van der Waals surface area (Å²) in [4.78, 5) is 12.3. The van der Waals surface area contributed by atoms with E-state index in [1.54, 1.807) is 0 Å². The Morgan fingerprint density at radius 1 is 1.00 bits per heavy atom. The molecule has 23 heavy (non-hydrogen) atoms. The molecule has 9 heteroatoms. The van der Waals surface area contributed by atoms with Gasteiger partial charge in [-0.1, -0.05) is 25.7 Å². The van der Waals surface area contributed by atoms with E-state index in [0.717, 1.165) is 32.1 Å². The van der Waals surface area contributed by atoms with Crippen LogP contribution in [0.4, 0.5) is 13.2 Å². The van der Waals surface area contributed by atoms with Gasteiger partial charge in [-0.25, -0.2) is 0 Å². The third kappa shape index (κ3) is 4.04. The van der Waals surface area contributed by atoms with Gasteiger partial charge in [0.2, 0.25) is 0 Å². The molecule has 0 heterocycles. The molecule has 2 atom stereocenters. The highest BCUT2D eigenvalue weighted by atomic mass is 32.3. The molecule has 0 radical (unpaired) electrons. The van der Waals surface area contributed by atoms with Gasteiger partial charge < -0.3 is 0 Å². The van der Waals surface area contributed by atoms with Gasteiger partial charge in [-0.05, 0) is 36.0 Å². The molecule has 2 rings (SSSR count). The fourth-order valence-corrected chi connectivity index (χ4v) is 9.58. The number of carbonyl (C=O) groups excluding carboxylic acids is 1. The van der Waals surface area contributed by atoms with Gasteiger partial charge in [0.05, 0.1) is 5.25 Å². The van der Waals surface area contributed by atoms with Crippen molar-refractivity contribution in [2.24, 2.45) is 0 Å². The summed E-state index contributed by atoms with van der Waals surface area (Å²) in [5.41, 5.74) is -5.40. The van der Waals surface area contributed by atoms with E-state index in [1.165, 1.54) is 6.26 Å². The number of Topliss-reactive ketones (excluding diaryl/α,β-unsaturated/α-hetero) is 1. The SMILES string of the molecule is CS([OH+]S(=O)(=O)C(F)(F)F)(C1CCCCC1)C1CCCCC1=O. The fraction of sp³-hybridized carbons (Fsp3) is 0.929. The standard InChI is InChI=1S/C14H23F3O4S2/c1-22(11-7-3-2-4-8-11,13-10-6-5-9-12(13)18)21-23(19,20)14(15,16)17/h11,13H,2-10H2,1H3/p+1. The number of rotatable bonds is 4. The van der Waals surface area contributed by atoms with Crippen molar-refractivity contribution >= 4 is 26.2 Å². The number of alkyl halides is 3. The van der Waals surface area contributed by atoms with Crippen LogP contribution in [-0.2, 0) is 14.9 Å². The van der Waals surface area contributed by atoms with Gasteiger partial charge in [0, 0.05) is 12.7 Å². The van der Waals surface area contributed by atoms with E-state index in [0.29, 0.717) is 25.7 Å². The molecule has 0 amide bonds. The molecular weight excluding hydrogens is 353 g/mol. The topological polar surface area (TPSA) is 64.0 Å². The Morgan fingerprint density at radius 3 is 2.09 bits per heavy atom. The van der Waals surface area contributed by atoms with Crippen molar-refractivity contribution in [3.63, 3.8) is 0 Å². The molecule has 136 valence electrons. The highest BCUT2D eigenvalue weighted by molar-refractivity contribution is 8.33. The van der Waals surface area contributed by atoms with Crippen molar-refractivity contribution in [3.05, 3.63) is 0 Å². The molecule has 4 nitrogen and oxygen atoms in total. The second kappa shape index (κ2) is 6.92. The van der Waals surface area contributed by atoms with Crippen molar-refractivity contribution in [3.8, 4) is 0 Å². The molecule has 2 unspecified atom stereocenters. The molecule has 2 aliphatic carbocycles. The maximum absolute atomic E-state index is 12.8. The minimum absolute atomic E-state index is 0.111. The summed E-state index contributed by atoms with van der Waals surface area (Å²) in [6.45, 7) is 0. The predicted octanol–water partition coefficient (Wildman–Crippen LogP) is 4.12. The summed E-state index contributed by atoms with van der Waals surface area (Å²) in [5, 5.41) is -0.850. The highest BCUT2D eigenvalue weighted by Gasteiger charge is 2.59. The molecule has 2 fully saturated rings. The van der Waals surface area contributed by atoms with Gasteiger partial charge in [-0.2, -0.15) is 13.2 Å². The normalized spacial score (nSPS) is 29.0. The first-order chi connectivity index (χ1) is 10.6. The average molecular weight is 377 g/mol. The summed E-state index contributed by atoms with van der Waals surface area (Å²) < 4.78 is 65.3. The second-order valence-electron chi connectivity index (χ2n) is 6.46. The Balaban J connectivity index is 2.36. The number of hydrogen-bond donors (Lipinski definition) is 0. The Bertz CT molecular complexity index is 541. The van der Waals surface area contributed by atoms with Gasteiger partial charge in [0.1, 0.15) is 5.25 Å². The number of halogens is 3. The van der Waals surface area contributed by atoms with Crippen molar-refractivity contribution in [1.82, 2.24) is 0 Å². The summed E-state index contributed by atoms with van der Waals surface area (Å²) in [5.74, 6) is -0.111. The van der Waals surface area contributed by atoms with Crippen molar-refractivity contribution in [2.75, 3.05) is 6.26 Å². The Labute approximate surface area is 136 Å². The van der Waals surface area contributed by atoms with Crippen LogP contribution in [0.2, 0.25) is 0 Å². The summed E-state index contributed by atoms with van der Waals surface area (Å²) in [6.07, 6.45) is 7.80. The van der Waals surface area contributed by atoms with Crippen molar-refractivity contribution in [2.45, 2.75) is 73.8 Å². The lowest BCUT2D eigenvalue weighted by atomic mass is 9.99. The van der Waals surface area contributed by atoms with Crippen molar-refractivity contribution < 1.29 is 30.0 Å². The number of carbonyl (C=O) groups is 1. The molecule has 0 aromatic heterocycles. The predicted molar refractivity (Wildman–Crippen MR) is 85.3 cm³/mol. The van der Waals surface area contributed by atoms with Crippen LogP contribution in [0.3, 0.4) is 0 Å². The zero-order valence-corrected chi connectivity index (χ0v) is 14.8. The van der Waals surface area contributed by atoms with Crippen LogP contribution >= 0.6 is 10.3 Å². The minimum Gasteiger partial charge on any atom is -0.298 e. The largest absolute Gasteiger partial charge is 0.572 e. The van der Waals surface area contributed by atoms with E-state index in [-0.39, 0.29) is 11.0 Å². The third-order valence-electron chi connectivity index (χ3n) is 4.85. The molecule has 1 N–H and O–H groups in total. The second-order valence-corrected chi connectivity index (χ2v) is 11.7. The molecule has 0 spiro atoms. The first-order valence-electron chi connectivity index (χ1n) is 7.92. The smallest absolute Gasteiger partial charge is 0.298 e. The van der Waals surface area contributed by atoms with Crippen LogP contribution in [0.5, 0.6) is 0 Å². The van der Waals surface area contributed by atoms with E-state index in [4.69, 9.17) is 0 Å². The lowest BCUT2D eigenvalue weighted by Gasteiger charge is -2.45. The van der Waals surface area contributed by atoms with Crippen LogP contribution in [0.25, 0.3) is 0 Å². The van der Waals surface area contributed by atoms with E-state index >= 15 is 0 Å². The Morgan fingerprint density at radius 2 is 1.57 bits per heavy atom. The minimum atomic E-state index is -5.57. The van der Waals surface area contributed by atoms with E-state index in [1.807, 2.05) is 0 Å². The lowest BCUT2D eigenvalue weighted by molar-refractivity contribution is -0.119. The van der Waals surface area contributed by atoms with Crippen LogP contribution < -0.4 is 0 Å². The number of ketones is 1. The van der Waals surface area contributed by atoms with Crippen LogP contribution in [0.15, 0.2) is 0 Å². The fourth-order valence-electron chi connectivity index (χ4n) is 3.60. The zero-order chi connectivity index (χ0) is 17.3. The molecule has 2 saturated carbocycles. The van der Waals surface area contributed by atoms with Crippen molar-refractivity contribution in [1.29, 1.82) is 0 Å². The molecule has 0 bridgehead atoms. The first kappa shape index (κ1) is 19.1. The van der Waals surface area contributed by atoms with E-state index < -0.39 is 31.2 Å². The maximum Gasteiger partial charge on any atom is 0.572 e. The molecule has 0 saturated heterocycles. The lowest BCUT2D eigenvalue weighted by Crippen LogP contribution is -2.43. The van der Waals surface area contributed by atoms with Crippen LogP contribution in [-0.4, -0.2) is 40.1 Å². The highest BCUT2D eigenvalue weighted by Crippen LogP contribution is 2.61. The van der Waals surface area contributed by atoms with Gasteiger partial charge in [0.25, 0.3) is 0 Å². The number of hydrogen-bond acceptors (Lipinski definition) is 3. The first-order valence-corrected chi connectivity index (χ1v) is 11.5. The molecular formula is C14H24F3O4S2+. The third-order valence-corrected chi connectivity index (χ3v) is 11.0. The summed E-state index contributed by atoms with van der Waals surface area (Å²) in [7, 11) is -8.13. The van der Waals surface area contributed by atoms with E-state index in [9.17, 15) is 26.4 Å². The van der Waals surface area contributed by atoms with Gasteiger partial charge in [0.15, 0.2) is 5.78 Å². The van der Waals surface area contributed by atoms with Crippen LogP contribution in [0, 0.1) is 0 Å². The Kier molecular flexibility index (Phi) is 5.73. The summed E-state index contributed by atoms with van der Waals surface area (Å²) in [6, 6.07) is 0. The Hall–Kier alpha value is -0.280. The molecule has 0 aromatic carbocycles.